The first kappa shape index (κ1) is 12.6. The fourth-order valence-electron chi connectivity index (χ4n) is 3.27. The van der Waals surface area contributed by atoms with Crippen LogP contribution in [0, 0.1) is 12.8 Å². The van der Waals surface area contributed by atoms with Crippen molar-refractivity contribution in [1.29, 1.82) is 0 Å². The third-order valence-corrected chi connectivity index (χ3v) is 4.35. The molecule has 0 amide bonds. The van der Waals surface area contributed by atoms with E-state index in [4.69, 9.17) is 0 Å². The Kier molecular flexibility index (Phi) is 3.31. The average molecular weight is 232 g/mol. The lowest BCUT2D eigenvalue weighted by molar-refractivity contribution is -0.0327. The molecule has 94 valence electrons. The van der Waals surface area contributed by atoms with Gasteiger partial charge in [-0.05, 0) is 68.6 Å². The van der Waals surface area contributed by atoms with Gasteiger partial charge in [0.1, 0.15) is 0 Å². The summed E-state index contributed by atoms with van der Waals surface area (Å²) in [7, 11) is 0. The number of hydrogen-bond acceptors (Lipinski definition) is 1. The van der Waals surface area contributed by atoms with Crippen LogP contribution >= 0.6 is 0 Å². The first-order chi connectivity index (χ1) is 7.95. The van der Waals surface area contributed by atoms with Crippen LogP contribution in [0.5, 0.6) is 0 Å². The largest absolute Gasteiger partial charge is 0.390 e. The van der Waals surface area contributed by atoms with Crippen molar-refractivity contribution in [2.75, 3.05) is 0 Å². The predicted molar refractivity (Wildman–Crippen MR) is 72.3 cm³/mol. The van der Waals surface area contributed by atoms with E-state index in [-0.39, 0.29) is 0 Å². The smallest absolute Gasteiger partial charge is 0.0625 e. The van der Waals surface area contributed by atoms with Gasteiger partial charge in [0.2, 0.25) is 0 Å². The van der Waals surface area contributed by atoms with Crippen molar-refractivity contribution in [3.8, 4) is 0 Å². The molecule has 1 aliphatic rings. The van der Waals surface area contributed by atoms with Gasteiger partial charge in [-0.25, -0.2) is 0 Å². The SMILES string of the molecule is CCc1cccc(C)c1C1CCC1C(C)(C)O. The third-order valence-electron chi connectivity index (χ3n) is 4.35. The fraction of sp³-hybridized carbons (Fsp3) is 0.625. The zero-order chi connectivity index (χ0) is 12.6. The maximum Gasteiger partial charge on any atom is 0.0625 e. The monoisotopic (exact) mass is 232 g/mol. The number of aliphatic hydroxyl groups is 1. The van der Waals surface area contributed by atoms with E-state index in [2.05, 4.69) is 32.0 Å². The van der Waals surface area contributed by atoms with E-state index < -0.39 is 5.60 Å². The molecule has 17 heavy (non-hydrogen) atoms. The first-order valence-electron chi connectivity index (χ1n) is 6.76. The summed E-state index contributed by atoms with van der Waals surface area (Å²) in [5, 5.41) is 10.2. The average Bonchev–Trinajstić information content (AvgIpc) is 2.16. The van der Waals surface area contributed by atoms with Crippen molar-refractivity contribution in [2.45, 2.75) is 58.5 Å². The van der Waals surface area contributed by atoms with E-state index in [0.717, 1.165) is 12.8 Å². The normalized spacial score (nSPS) is 24.5. The van der Waals surface area contributed by atoms with Crippen LogP contribution in [0.3, 0.4) is 0 Å². The minimum Gasteiger partial charge on any atom is -0.390 e. The maximum absolute atomic E-state index is 10.2. The highest BCUT2D eigenvalue weighted by Gasteiger charge is 2.42. The predicted octanol–water partition coefficient (Wildman–Crippen LogP) is 3.82. The van der Waals surface area contributed by atoms with Crippen molar-refractivity contribution >= 4 is 0 Å². The second-order valence-electron chi connectivity index (χ2n) is 5.95. The molecule has 0 radical (unpaired) electrons. The molecule has 1 aromatic carbocycles. The van der Waals surface area contributed by atoms with Gasteiger partial charge in [0.15, 0.2) is 0 Å². The van der Waals surface area contributed by atoms with Crippen molar-refractivity contribution < 1.29 is 5.11 Å². The summed E-state index contributed by atoms with van der Waals surface area (Å²) in [6, 6.07) is 6.59. The van der Waals surface area contributed by atoms with Gasteiger partial charge >= 0.3 is 0 Å². The molecule has 2 unspecified atom stereocenters. The number of aryl methyl sites for hydroxylation is 2. The first-order valence-corrected chi connectivity index (χ1v) is 6.76. The van der Waals surface area contributed by atoms with Gasteiger partial charge in [-0.15, -0.1) is 0 Å². The summed E-state index contributed by atoms with van der Waals surface area (Å²) < 4.78 is 0. The Morgan fingerprint density at radius 3 is 2.47 bits per heavy atom. The van der Waals surface area contributed by atoms with Crippen molar-refractivity contribution in [3.63, 3.8) is 0 Å². The van der Waals surface area contributed by atoms with E-state index in [1.54, 1.807) is 0 Å². The Hall–Kier alpha value is -0.820. The lowest BCUT2D eigenvalue weighted by Crippen LogP contribution is -2.42. The van der Waals surface area contributed by atoms with Crippen LogP contribution < -0.4 is 0 Å². The number of hydrogen-bond donors (Lipinski definition) is 1. The Morgan fingerprint density at radius 2 is 2.00 bits per heavy atom. The van der Waals surface area contributed by atoms with Gasteiger partial charge in [-0.3, -0.25) is 0 Å². The van der Waals surface area contributed by atoms with E-state index in [1.807, 2.05) is 13.8 Å². The molecule has 1 aromatic rings. The van der Waals surface area contributed by atoms with Crippen molar-refractivity contribution in [1.82, 2.24) is 0 Å². The molecule has 0 bridgehead atoms. The molecule has 1 heteroatoms. The molecule has 2 atom stereocenters. The number of rotatable bonds is 3. The van der Waals surface area contributed by atoms with E-state index >= 15 is 0 Å². The van der Waals surface area contributed by atoms with Crippen LogP contribution in [0.2, 0.25) is 0 Å². The highest BCUT2D eigenvalue weighted by molar-refractivity contribution is 5.39. The van der Waals surface area contributed by atoms with Crippen LogP contribution in [0.1, 0.15) is 56.2 Å². The number of benzene rings is 1. The van der Waals surface area contributed by atoms with E-state index in [0.29, 0.717) is 11.8 Å². The Bertz CT molecular complexity index is 400. The molecular weight excluding hydrogens is 208 g/mol. The summed E-state index contributed by atoms with van der Waals surface area (Å²) in [6.45, 7) is 8.33. The summed E-state index contributed by atoms with van der Waals surface area (Å²) >= 11 is 0. The second kappa shape index (κ2) is 4.45. The molecule has 0 heterocycles. The van der Waals surface area contributed by atoms with E-state index in [1.165, 1.54) is 23.1 Å². The molecular formula is C16H24O. The van der Waals surface area contributed by atoms with Crippen LogP contribution in [0.4, 0.5) is 0 Å². The highest BCUT2D eigenvalue weighted by Crippen LogP contribution is 2.49. The Morgan fingerprint density at radius 1 is 1.29 bits per heavy atom. The third kappa shape index (κ3) is 2.26. The van der Waals surface area contributed by atoms with Gasteiger partial charge in [0.25, 0.3) is 0 Å². The molecule has 0 saturated heterocycles. The van der Waals surface area contributed by atoms with Crippen molar-refractivity contribution in [3.05, 3.63) is 34.9 Å². The minimum absolute atomic E-state index is 0.425. The molecule has 1 nitrogen and oxygen atoms in total. The zero-order valence-electron chi connectivity index (χ0n) is 11.5. The lowest BCUT2D eigenvalue weighted by Gasteiger charge is -2.45. The second-order valence-corrected chi connectivity index (χ2v) is 5.95. The molecule has 0 spiro atoms. The highest BCUT2D eigenvalue weighted by atomic mass is 16.3. The molecule has 1 N–H and O–H groups in total. The molecule has 2 rings (SSSR count). The fourth-order valence-corrected chi connectivity index (χ4v) is 3.27. The van der Waals surface area contributed by atoms with Gasteiger partial charge in [-0.2, -0.15) is 0 Å². The van der Waals surface area contributed by atoms with Gasteiger partial charge < -0.3 is 5.11 Å². The quantitative estimate of drug-likeness (QED) is 0.840. The molecule has 0 aliphatic heterocycles. The molecule has 1 aliphatic carbocycles. The summed E-state index contributed by atoms with van der Waals surface area (Å²) in [5.74, 6) is 0.986. The van der Waals surface area contributed by atoms with Gasteiger partial charge in [-0.1, -0.05) is 25.1 Å². The molecule has 0 aromatic heterocycles. The topological polar surface area (TPSA) is 20.2 Å². The Labute approximate surface area is 105 Å². The van der Waals surface area contributed by atoms with Crippen molar-refractivity contribution in [2.24, 2.45) is 5.92 Å². The van der Waals surface area contributed by atoms with Crippen LogP contribution in [0.15, 0.2) is 18.2 Å². The Balaban J connectivity index is 2.35. The lowest BCUT2D eigenvalue weighted by atomic mass is 9.62. The van der Waals surface area contributed by atoms with Crippen LogP contribution in [-0.4, -0.2) is 10.7 Å². The van der Waals surface area contributed by atoms with E-state index in [9.17, 15) is 5.11 Å². The standard InChI is InChI=1S/C16H24O/c1-5-12-8-6-7-11(2)15(12)13-9-10-14(13)16(3,4)17/h6-8,13-14,17H,5,9-10H2,1-4H3. The minimum atomic E-state index is -0.545. The summed E-state index contributed by atoms with van der Waals surface area (Å²) in [4.78, 5) is 0. The molecule has 1 fully saturated rings. The van der Waals surface area contributed by atoms with Crippen LogP contribution in [0.25, 0.3) is 0 Å². The molecule has 1 saturated carbocycles. The summed E-state index contributed by atoms with van der Waals surface area (Å²) in [6.07, 6.45) is 3.48. The van der Waals surface area contributed by atoms with Crippen LogP contribution in [-0.2, 0) is 6.42 Å². The zero-order valence-corrected chi connectivity index (χ0v) is 11.5. The van der Waals surface area contributed by atoms with Gasteiger partial charge in [0, 0.05) is 0 Å². The summed E-state index contributed by atoms with van der Waals surface area (Å²) in [5.41, 5.74) is 3.82. The van der Waals surface area contributed by atoms with Gasteiger partial charge in [0.05, 0.1) is 5.60 Å². The maximum atomic E-state index is 10.2.